The Morgan fingerprint density at radius 1 is 1.42 bits per heavy atom. The van der Waals surface area contributed by atoms with Crippen LogP contribution in [0.3, 0.4) is 0 Å². The molecule has 1 saturated heterocycles. The van der Waals surface area contributed by atoms with E-state index >= 15 is 0 Å². The quantitative estimate of drug-likeness (QED) is 0.794. The minimum Gasteiger partial charge on any atom is -0.378 e. The summed E-state index contributed by atoms with van der Waals surface area (Å²) in [6, 6.07) is 7.75. The van der Waals surface area contributed by atoms with Crippen LogP contribution in [0.25, 0.3) is 0 Å². The number of carbonyl (C=O) groups is 1. The molecule has 0 aliphatic carbocycles. The van der Waals surface area contributed by atoms with E-state index in [1.165, 1.54) is 0 Å². The molecule has 6 nitrogen and oxygen atoms in total. The Kier molecular flexibility index (Phi) is 6.28. The maximum atomic E-state index is 12.1. The fourth-order valence-electron chi connectivity index (χ4n) is 3.29. The first-order valence-electron chi connectivity index (χ1n) is 9.38. The normalized spacial score (nSPS) is 16.8. The molecule has 1 aliphatic heterocycles. The number of rotatable bonds is 7. The smallest absolute Gasteiger partial charge is 0.319 e. The predicted molar refractivity (Wildman–Crippen MR) is 102 cm³/mol. The van der Waals surface area contributed by atoms with E-state index < -0.39 is 0 Å². The first kappa shape index (κ1) is 18.5. The number of benzene rings is 1. The van der Waals surface area contributed by atoms with Crippen molar-refractivity contribution in [3.05, 3.63) is 48.0 Å². The summed E-state index contributed by atoms with van der Waals surface area (Å²) >= 11 is 0. The van der Waals surface area contributed by atoms with Crippen LogP contribution < -0.4 is 10.6 Å². The average molecular weight is 356 g/mol. The Bertz CT molecular complexity index is 720. The maximum absolute atomic E-state index is 12.1. The monoisotopic (exact) mass is 356 g/mol. The Morgan fingerprint density at radius 3 is 3.08 bits per heavy atom. The molecule has 2 amide bonds. The summed E-state index contributed by atoms with van der Waals surface area (Å²) in [5.74, 6) is 1.44. The summed E-state index contributed by atoms with van der Waals surface area (Å²) < 4.78 is 7.71. The molecular weight excluding hydrogens is 328 g/mol. The number of hydrogen-bond donors (Lipinski definition) is 2. The standard InChI is InChI=1S/C20H28N4O2/c1-15(2)19-21-10-11-24(19)14-16-5-3-6-17(13-16)23-20(25)22-9-8-18-7-4-12-26-18/h3,5-6,10-11,13,15,18H,4,7-9,12,14H2,1-2H3,(H2,22,23,25)/t18-/m0/s1. The Labute approximate surface area is 155 Å². The van der Waals surface area contributed by atoms with Gasteiger partial charge < -0.3 is 19.9 Å². The zero-order valence-electron chi connectivity index (χ0n) is 15.6. The molecule has 2 aromatic rings. The van der Waals surface area contributed by atoms with Gasteiger partial charge in [-0.15, -0.1) is 0 Å². The van der Waals surface area contributed by atoms with Crippen molar-refractivity contribution in [2.45, 2.75) is 51.7 Å². The van der Waals surface area contributed by atoms with Gasteiger partial charge in [-0.25, -0.2) is 9.78 Å². The van der Waals surface area contributed by atoms with Gasteiger partial charge in [-0.3, -0.25) is 0 Å². The topological polar surface area (TPSA) is 68.2 Å². The van der Waals surface area contributed by atoms with E-state index in [9.17, 15) is 4.79 Å². The summed E-state index contributed by atoms with van der Waals surface area (Å²) in [4.78, 5) is 16.5. The third kappa shape index (κ3) is 5.08. The van der Waals surface area contributed by atoms with Crippen LogP contribution in [-0.4, -0.2) is 34.8 Å². The molecule has 1 fully saturated rings. The molecule has 3 rings (SSSR count). The van der Waals surface area contributed by atoms with Crippen LogP contribution in [-0.2, 0) is 11.3 Å². The second-order valence-corrected chi connectivity index (χ2v) is 7.07. The second-order valence-electron chi connectivity index (χ2n) is 7.07. The van der Waals surface area contributed by atoms with Crippen molar-refractivity contribution in [1.29, 1.82) is 0 Å². The zero-order chi connectivity index (χ0) is 18.4. The summed E-state index contributed by atoms with van der Waals surface area (Å²) in [6.07, 6.45) is 7.21. The predicted octanol–water partition coefficient (Wildman–Crippen LogP) is 3.75. The van der Waals surface area contributed by atoms with Crippen molar-refractivity contribution in [2.75, 3.05) is 18.5 Å². The lowest BCUT2D eigenvalue weighted by molar-refractivity contribution is 0.105. The van der Waals surface area contributed by atoms with E-state index in [1.807, 2.05) is 30.6 Å². The number of ether oxygens (including phenoxy) is 1. The molecule has 1 aromatic heterocycles. The summed E-state index contributed by atoms with van der Waals surface area (Å²) in [7, 11) is 0. The van der Waals surface area contributed by atoms with Gasteiger partial charge in [0.2, 0.25) is 0 Å². The largest absolute Gasteiger partial charge is 0.378 e. The van der Waals surface area contributed by atoms with E-state index in [-0.39, 0.29) is 6.03 Å². The molecule has 0 unspecified atom stereocenters. The van der Waals surface area contributed by atoms with Crippen LogP contribution in [0, 0.1) is 0 Å². The van der Waals surface area contributed by atoms with Gasteiger partial charge in [0.1, 0.15) is 5.82 Å². The number of amides is 2. The van der Waals surface area contributed by atoms with Gasteiger partial charge in [0.15, 0.2) is 0 Å². The van der Waals surface area contributed by atoms with Crippen LogP contribution >= 0.6 is 0 Å². The lowest BCUT2D eigenvalue weighted by Crippen LogP contribution is -2.31. The number of carbonyl (C=O) groups excluding carboxylic acids is 1. The Balaban J connectivity index is 1.51. The van der Waals surface area contributed by atoms with Crippen molar-refractivity contribution in [2.24, 2.45) is 0 Å². The fraction of sp³-hybridized carbons (Fsp3) is 0.500. The van der Waals surface area contributed by atoms with E-state index in [4.69, 9.17) is 4.74 Å². The van der Waals surface area contributed by atoms with Crippen LogP contribution in [0.1, 0.15) is 50.4 Å². The molecule has 26 heavy (non-hydrogen) atoms. The molecule has 0 spiro atoms. The van der Waals surface area contributed by atoms with Gasteiger partial charge in [0.05, 0.1) is 6.10 Å². The van der Waals surface area contributed by atoms with Crippen LogP contribution in [0.5, 0.6) is 0 Å². The number of anilines is 1. The van der Waals surface area contributed by atoms with Crippen molar-refractivity contribution in [1.82, 2.24) is 14.9 Å². The van der Waals surface area contributed by atoms with Gasteiger partial charge in [0.25, 0.3) is 0 Å². The van der Waals surface area contributed by atoms with Crippen LogP contribution in [0.15, 0.2) is 36.7 Å². The van der Waals surface area contributed by atoms with Crippen molar-refractivity contribution >= 4 is 11.7 Å². The van der Waals surface area contributed by atoms with Crippen molar-refractivity contribution < 1.29 is 9.53 Å². The Morgan fingerprint density at radius 2 is 2.31 bits per heavy atom. The molecule has 1 atom stereocenters. The number of urea groups is 1. The van der Waals surface area contributed by atoms with Gasteiger partial charge in [-0.1, -0.05) is 26.0 Å². The van der Waals surface area contributed by atoms with E-state index in [1.54, 1.807) is 0 Å². The first-order valence-corrected chi connectivity index (χ1v) is 9.38. The molecule has 1 aromatic carbocycles. The van der Waals surface area contributed by atoms with Crippen LogP contribution in [0.4, 0.5) is 10.5 Å². The van der Waals surface area contributed by atoms with Crippen molar-refractivity contribution in [3.63, 3.8) is 0 Å². The second kappa shape index (κ2) is 8.85. The number of imidazole rings is 1. The molecule has 0 radical (unpaired) electrons. The molecular formula is C20H28N4O2. The third-order valence-electron chi connectivity index (χ3n) is 4.58. The molecule has 2 heterocycles. The SMILES string of the molecule is CC(C)c1nccn1Cc1cccc(NC(=O)NCC[C@@H]2CCCO2)c1. The van der Waals surface area contributed by atoms with Crippen molar-refractivity contribution in [3.8, 4) is 0 Å². The highest BCUT2D eigenvalue weighted by Gasteiger charge is 2.15. The van der Waals surface area contributed by atoms with Gasteiger partial charge in [0, 0.05) is 43.7 Å². The van der Waals surface area contributed by atoms with E-state index in [2.05, 4.69) is 40.1 Å². The molecule has 1 aliphatic rings. The highest BCUT2D eigenvalue weighted by Crippen LogP contribution is 2.17. The highest BCUT2D eigenvalue weighted by molar-refractivity contribution is 5.89. The van der Waals surface area contributed by atoms with Crippen LogP contribution in [0.2, 0.25) is 0 Å². The molecule has 0 bridgehead atoms. The zero-order valence-corrected chi connectivity index (χ0v) is 15.6. The van der Waals surface area contributed by atoms with Gasteiger partial charge in [-0.2, -0.15) is 0 Å². The summed E-state index contributed by atoms with van der Waals surface area (Å²) in [5.41, 5.74) is 1.92. The lowest BCUT2D eigenvalue weighted by Gasteiger charge is -2.13. The van der Waals surface area contributed by atoms with Gasteiger partial charge >= 0.3 is 6.03 Å². The average Bonchev–Trinajstić information content (AvgIpc) is 3.27. The summed E-state index contributed by atoms with van der Waals surface area (Å²) in [6.45, 7) is 6.49. The maximum Gasteiger partial charge on any atom is 0.319 e. The first-order chi connectivity index (χ1) is 12.6. The van der Waals surface area contributed by atoms with Gasteiger partial charge in [-0.05, 0) is 37.0 Å². The minimum absolute atomic E-state index is 0.175. The fourth-order valence-corrected chi connectivity index (χ4v) is 3.29. The molecule has 0 saturated carbocycles. The summed E-state index contributed by atoms with van der Waals surface area (Å²) in [5, 5.41) is 5.81. The number of nitrogens with one attached hydrogen (secondary N) is 2. The minimum atomic E-state index is -0.175. The number of aromatic nitrogens is 2. The third-order valence-corrected chi connectivity index (χ3v) is 4.58. The number of hydrogen-bond acceptors (Lipinski definition) is 3. The number of nitrogens with zero attached hydrogens (tertiary/aromatic N) is 2. The lowest BCUT2D eigenvalue weighted by atomic mass is 10.1. The van der Waals surface area contributed by atoms with E-state index in [0.29, 0.717) is 18.6 Å². The molecule has 140 valence electrons. The molecule has 6 heteroatoms. The Hall–Kier alpha value is -2.34. The highest BCUT2D eigenvalue weighted by atomic mass is 16.5. The molecule has 2 N–H and O–H groups in total. The van der Waals surface area contributed by atoms with E-state index in [0.717, 1.165) is 49.5 Å².